The number of ketones is 1. The van der Waals surface area contributed by atoms with Gasteiger partial charge in [0.2, 0.25) is 0 Å². The number of nitrogens with zero attached hydrogens (tertiary/aromatic N) is 1. The van der Waals surface area contributed by atoms with E-state index in [0.29, 0.717) is 17.9 Å². The second kappa shape index (κ2) is 10.3. The maximum absolute atomic E-state index is 11.5. The first-order chi connectivity index (χ1) is 12.6. The average Bonchev–Trinajstić information content (AvgIpc) is 2.66. The van der Waals surface area contributed by atoms with Crippen LogP contribution in [0.5, 0.6) is 17.2 Å². The van der Waals surface area contributed by atoms with E-state index in [9.17, 15) is 14.8 Å². The van der Waals surface area contributed by atoms with Crippen LogP contribution in [0.4, 0.5) is 0 Å². The summed E-state index contributed by atoms with van der Waals surface area (Å²) in [7, 11) is 0. The number of carbonyl (C=O) groups excluding carboxylic acids is 1. The minimum Gasteiger partial charge on any atom is -0.504 e. The number of hydrogen-bond acceptors (Lipinski definition) is 5. The molecule has 0 fully saturated rings. The highest BCUT2D eigenvalue weighted by molar-refractivity contribution is 5.78. The minimum absolute atomic E-state index is 0.0804. The van der Waals surface area contributed by atoms with Crippen LogP contribution in [0.15, 0.2) is 47.6 Å². The van der Waals surface area contributed by atoms with Gasteiger partial charge in [-0.2, -0.15) is 4.91 Å². The molecule has 0 heterocycles. The number of rotatable bonds is 11. The van der Waals surface area contributed by atoms with E-state index in [1.807, 2.05) is 36.4 Å². The van der Waals surface area contributed by atoms with Crippen LogP contribution in [0, 0.1) is 4.91 Å². The maximum Gasteiger partial charge on any atom is 0.169 e. The smallest absolute Gasteiger partial charge is 0.169 e. The van der Waals surface area contributed by atoms with E-state index < -0.39 is 0 Å². The van der Waals surface area contributed by atoms with Gasteiger partial charge in [0.25, 0.3) is 0 Å². The lowest BCUT2D eigenvalue weighted by Crippen LogP contribution is -2.00. The Kier molecular flexibility index (Phi) is 7.80. The fourth-order valence-corrected chi connectivity index (χ4v) is 2.66. The highest BCUT2D eigenvalue weighted by atomic mass is 16.5. The molecular formula is C21H25NO4. The predicted octanol–water partition coefficient (Wildman–Crippen LogP) is 5.19. The summed E-state index contributed by atoms with van der Waals surface area (Å²) in [6.07, 6.45) is 4.25. The lowest BCUT2D eigenvalue weighted by atomic mass is 10.0. The molecule has 0 aliphatic rings. The summed E-state index contributed by atoms with van der Waals surface area (Å²) in [5, 5.41) is 12.6. The number of aryl methyl sites for hydroxylation is 2. The zero-order chi connectivity index (χ0) is 18.8. The van der Waals surface area contributed by atoms with Gasteiger partial charge in [-0.15, -0.1) is 0 Å². The quantitative estimate of drug-likeness (QED) is 0.445. The second-order valence-corrected chi connectivity index (χ2v) is 6.25. The fraction of sp³-hybridized carbons (Fsp3) is 0.381. The first-order valence-electron chi connectivity index (χ1n) is 9.02. The topological polar surface area (TPSA) is 76.0 Å². The Morgan fingerprint density at radius 1 is 1.04 bits per heavy atom. The summed E-state index contributed by atoms with van der Waals surface area (Å²) < 4.78 is 5.77. The van der Waals surface area contributed by atoms with Crippen LogP contribution < -0.4 is 4.74 Å². The van der Waals surface area contributed by atoms with E-state index in [-0.39, 0.29) is 24.5 Å². The molecule has 0 spiro atoms. The molecule has 0 amide bonds. The van der Waals surface area contributed by atoms with Crippen molar-refractivity contribution in [3.63, 3.8) is 0 Å². The van der Waals surface area contributed by atoms with E-state index >= 15 is 0 Å². The maximum atomic E-state index is 11.5. The van der Waals surface area contributed by atoms with Crippen LogP contribution >= 0.6 is 0 Å². The summed E-state index contributed by atoms with van der Waals surface area (Å²) in [6.45, 7) is 2.13. The lowest BCUT2D eigenvalue weighted by Gasteiger charge is -2.10. The van der Waals surface area contributed by atoms with Gasteiger partial charge in [0, 0.05) is 12.8 Å². The molecule has 1 N–H and O–H groups in total. The van der Waals surface area contributed by atoms with Gasteiger partial charge >= 0.3 is 0 Å². The number of nitroso groups, excluding NO2 is 1. The molecule has 0 aliphatic carbocycles. The molecule has 26 heavy (non-hydrogen) atoms. The molecule has 0 unspecified atom stereocenters. The molecule has 2 rings (SSSR count). The highest BCUT2D eigenvalue weighted by Gasteiger charge is 2.06. The van der Waals surface area contributed by atoms with Gasteiger partial charge in [-0.25, -0.2) is 0 Å². The van der Waals surface area contributed by atoms with Crippen molar-refractivity contribution in [3.05, 3.63) is 58.5 Å². The third-order valence-corrected chi connectivity index (χ3v) is 4.24. The third-order valence-electron chi connectivity index (χ3n) is 4.24. The molecule has 2 aromatic carbocycles. The molecule has 2 aromatic rings. The number of Topliss-reactive ketones (excluding diaryl/α,β-unsaturated/α-hetero) is 1. The SMILES string of the molecule is CCc1ccc(O)c(Oc2ccc(CCCCC(=O)CCN=O)cc2)c1. The van der Waals surface area contributed by atoms with Gasteiger partial charge in [0.05, 0.1) is 6.54 Å². The largest absolute Gasteiger partial charge is 0.504 e. The first kappa shape index (κ1) is 19.6. The Hall–Kier alpha value is -2.69. The van der Waals surface area contributed by atoms with Crippen LogP contribution in [0.1, 0.15) is 43.7 Å². The van der Waals surface area contributed by atoms with Crippen molar-refractivity contribution >= 4 is 5.78 Å². The van der Waals surface area contributed by atoms with E-state index in [1.165, 1.54) is 5.56 Å². The molecule has 5 nitrogen and oxygen atoms in total. The van der Waals surface area contributed by atoms with Gasteiger partial charge < -0.3 is 9.84 Å². The number of phenols is 1. The van der Waals surface area contributed by atoms with Crippen molar-refractivity contribution in [2.45, 2.75) is 45.4 Å². The molecule has 0 bridgehead atoms. The van der Waals surface area contributed by atoms with Gasteiger partial charge in [-0.05, 0) is 61.1 Å². The van der Waals surface area contributed by atoms with Crippen LogP contribution in [0.3, 0.4) is 0 Å². The number of aromatic hydroxyl groups is 1. The summed E-state index contributed by atoms with van der Waals surface area (Å²) in [5.74, 6) is 1.36. The molecule has 0 atom stereocenters. The van der Waals surface area contributed by atoms with Crippen LogP contribution in [0.2, 0.25) is 0 Å². The molecule has 0 radical (unpaired) electrons. The number of ether oxygens (including phenoxy) is 1. The number of unbranched alkanes of at least 4 members (excludes halogenated alkanes) is 1. The van der Waals surface area contributed by atoms with Crippen molar-refractivity contribution in [3.8, 4) is 17.2 Å². The van der Waals surface area contributed by atoms with Crippen molar-refractivity contribution in [1.29, 1.82) is 0 Å². The van der Waals surface area contributed by atoms with Crippen molar-refractivity contribution < 1.29 is 14.6 Å². The van der Waals surface area contributed by atoms with Crippen molar-refractivity contribution in [2.24, 2.45) is 5.18 Å². The second-order valence-electron chi connectivity index (χ2n) is 6.25. The lowest BCUT2D eigenvalue weighted by molar-refractivity contribution is -0.119. The summed E-state index contributed by atoms with van der Waals surface area (Å²) in [6, 6.07) is 13.1. The average molecular weight is 355 g/mol. The fourth-order valence-electron chi connectivity index (χ4n) is 2.66. The molecule has 5 heteroatoms. The molecule has 0 saturated heterocycles. The van der Waals surface area contributed by atoms with Gasteiger partial charge in [0.1, 0.15) is 11.5 Å². The minimum atomic E-state index is 0.0804. The number of hydrogen-bond donors (Lipinski definition) is 1. The summed E-state index contributed by atoms with van der Waals surface area (Å²) in [5.41, 5.74) is 2.28. The standard InChI is InChI=1S/C21H25NO4/c1-2-16-9-12-20(24)21(15-16)26-19-10-7-17(8-11-19)5-3-4-6-18(23)13-14-22-25/h7-12,15,24H,2-6,13-14H2,1H3. The van der Waals surface area contributed by atoms with Crippen molar-refractivity contribution in [1.82, 2.24) is 0 Å². The number of benzene rings is 2. The van der Waals surface area contributed by atoms with Gasteiger partial charge in [-0.3, -0.25) is 4.79 Å². The predicted molar refractivity (Wildman–Crippen MR) is 102 cm³/mol. The van der Waals surface area contributed by atoms with E-state index in [1.54, 1.807) is 6.07 Å². The Labute approximate surface area is 154 Å². The normalized spacial score (nSPS) is 10.5. The molecule has 0 saturated carbocycles. The Balaban J connectivity index is 1.81. The Morgan fingerprint density at radius 3 is 2.46 bits per heavy atom. The first-order valence-corrected chi connectivity index (χ1v) is 9.02. The summed E-state index contributed by atoms with van der Waals surface area (Å²) >= 11 is 0. The Morgan fingerprint density at radius 2 is 1.77 bits per heavy atom. The van der Waals surface area contributed by atoms with Crippen LogP contribution in [0.25, 0.3) is 0 Å². The molecule has 0 aromatic heterocycles. The molecular weight excluding hydrogens is 330 g/mol. The van der Waals surface area contributed by atoms with Gasteiger partial charge in [-0.1, -0.05) is 30.3 Å². The highest BCUT2D eigenvalue weighted by Crippen LogP contribution is 2.31. The van der Waals surface area contributed by atoms with E-state index in [4.69, 9.17) is 4.74 Å². The molecule has 0 aliphatic heterocycles. The Bertz CT molecular complexity index is 725. The third kappa shape index (κ3) is 6.31. The number of carbonyl (C=O) groups is 1. The van der Waals surface area contributed by atoms with Gasteiger partial charge in [0.15, 0.2) is 11.5 Å². The zero-order valence-corrected chi connectivity index (χ0v) is 15.1. The van der Waals surface area contributed by atoms with Crippen LogP contribution in [-0.2, 0) is 17.6 Å². The number of phenolic OH excluding ortho intramolecular Hbond substituents is 1. The van der Waals surface area contributed by atoms with E-state index in [0.717, 1.165) is 31.2 Å². The van der Waals surface area contributed by atoms with Crippen molar-refractivity contribution in [2.75, 3.05) is 6.54 Å². The molecule has 138 valence electrons. The summed E-state index contributed by atoms with van der Waals surface area (Å²) in [4.78, 5) is 21.5. The van der Waals surface area contributed by atoms with E-state index in [2.05, 4.69) is 12.1 Å². The van der Waals surface area contributed by atoms with Crippen LogP contribution in [-0.4, -0.2) is 17.4 Å². The zero-order valence-electron chi connectivity index (χ0n) is 15.1. The monoisotopic (exact) mass is 355 g/mol.